The molecule has 4 rings (SSSR count). The Morgan fingerprint density at radius 1 is 1.24 bits per heavy atom. The summed E-state index contributed by atoms with van der Waals surface area (Å²) in [5, 5.41) is 1.18. The third kappa shape index (κ3) is 4.46. The number of fused-ring (bicyclic) bond motifs is 1. The quantitative estimate of drug-likeness (QED) is 0.535. The highest BCUT2D eigenvalue weighted by Crippen LogP contribution is 2.38. The Hall–Kier alpha value is -2.38. The molecule has 0 saturated heterocycles. The molecule has 1 aliphatic heterocycles. The molecule has 2 aromatic carbocycles. The highest BCUT2D eigenvalue weighted by atomic mass is 32.2. The largest absolute Gasteiger partial charge is 0.486 e. The van der Waals surface area contributed by atoms with Gasteiger partial charge in [0.1, 0.15) is 28.1 Å². The number of para-hydroxylation sites is 1. The predicted molar refractivity (Wildman–Crippen MR) is 116 cm³/mol. The average molecular weight is 429 g/mol. The number of aromatic nitrogens is 1. The number of aryl methyl sites for hydroxylation is 1. The third-order valence-corrected chi connectivity index (χ3v) is 7.06. The molecular weight excluding hydrogens is 407 g/mol. The van der Waals surface area contributed by atoms with Crippen LogP contribution in [0.15, 0.2) is 53.4 Å². The van der Waals surface area contributed by atoms with Crippen LogP contribution in [0.2, 0.25) is 0 Å². The number of amides is 1. The number of hydrogen-bond donors (Lipinski definition) is 0. The van der Waals surface area contributed by atoms with Gasteiger partial charge in [0, 0.05) is 16.7 Å². The first-order valence-corrected chi connectivity index (χ1v) is 11.1. The Bertz CT molecular complexity index is 1020. The molecule has 29 heavy (non-hydrogen) atoms. The maximum Gasteiger partial charge on any atom is 0.270 e. The van der Waals surface area contributed by atoms with Gasteiger partial charge in [-0.25, -0.2) is 9.37 Å². The zero-order valence-electron chi connectivity index (χ0n) is 16.2. The minimum atomic E-state index is -0.305. The number of carbonyl (C=O) groups excluding carboxylic acids is 1. The number of nitrogens with zero attached hydrogens (tertiary/aromatic N) is 2. The highest BCUT2D eigenvalue weighted by molar-refractivity contribution is 8.00. The molecule has 1 atom stereocenters. The van der Waals surface area contributed by atoms with Crippen LogP contribution < -0.4 is 9.64 Å². The second-order valence-electron chi connectivity index (χ2n) is 6.91. The fourth-order valence-electron chi connectivity index (χ4n) is 3.21. The van der Waals surface area contributed by atoms with Crippen molar-refractivity contribution in [1.29, 1.82) is 0 Å². The van der Waals surface area contributed by atoms with Gasteiger partial charge in [-0.3, -0.25) is 4.79 Å². The van der Waals surface area contributed by atoms with Crippen molar-refractivity contribution >= 4 is 34.7 Å². The van der Waals surface area contributed by atoms with E-state index in [0.29, 0.717) is 28.1 Å². The van der Waals surface area contributed by atoms with Crippen LogP contribution in [0.5, 0.6) is 5.75 Å². The lowest BCUT2D eigenvalue weighted by molar-refractivity contribution is 0.0989. The van der Waals surface area contributed by atoms with E-state index in [1.807, 2.05) is 41.8 Å². The van der Waals surface area contributed by atoms with Crippen molar-refractivity contribution in [1.82, 2.24) is 4.98 Å². The van der Waals surface area contributed by atoms with E-state index in [2.05, 4.69) is 18.0 Å². The Balaban J connectivity index is 1.54. The zero-order valence-corrected chi connectivity index (χ0v) is 17.9. The van der Waals surface area contributed by atoms with Crippen LogP contribution in [0.25, 0.3) is 0 Å². The first-order valence-electron chi connectivity index (χ1n) is 9.43. The number of benzene rings is 2. The molecule has 7 heteroatoms. The van der Waals surface area contributed by atoms with E-state index in [4.69, 9.17) is 4.74 Å². The normalized spacial score (nSPS) is 16.2. The van der Waals surface area contributed by atoms with E-state index >= 15 is 0 Å². The van der Waals surface area contributed by atoms with Crippen molar-refractivity contribution in [3.63, 3.8) is 0 Å². The Kier molecular flexibility index (Phi) is 5.87. The number of thioether (sulfide) groups is 1. The number of hydrogen-bond acceptors (Lipinski definition) is 5. The van der Waals surface area contributed by atoms with E-state index in [1.54, 1.807) is 12.1 Å². The van der Waals surface area contributed by atoms with Crippen LogP contribution in [0.3, 0.4) is 0 Å². The van der Waals surface area contributed by atoms with Gasteiger partial charge in [0.2, 0.25) is 0 Å². The van der Waals surface area contributed by atoms with Crippen molar-refractivity contribution in [2.45, 2.75) is 37.0 Å². The molecule has 150 valence electrons. The summed E-state index contributed by atoms with van der Waals surface area (Å²) < 4.78 is 18.7. The maximum atomic E-state index is 13.4. The summed E-state index contributed by atoms with van der Waals surface area (Å²) in [5.41, 5.74) is 1.67. The topological polar surface area (TPSA) is 42.4 Å². The monoisotopic (exact) mass is 428 g/mol. The van der Waals surface area contributed by atoms with Gasteiger partial charge in [-0.2, -0.15) is 0 Å². The molecule has 3 aromatic rings. The summed E-state index contributed by atoms with van der Waals surface area (Å²) in [5.74, 6) is 0.246. The molecule has 1 aliphatic rings. The molecule has 0 spiro atoms. The number of thiazole rings is 1. The van der Waals surface area contributed by atoms with Gasteiger partial charge in [-0.15, -0.1) is 23.1 Å². The Labute approximate surface area is 177 Å². The number of halogens is 1. The second kappa shape index (κ2) is 8.55. The van der Waals surface area contributed by atoms with Gasteiger partial charge in [-0.1, -0.05) is 19.1 Å². The first-order chi connectivity index (χ1) is 14.0. The third-order valence-electron chi connectivity index (χ3n) is 4.70. The van der Waals surface area contributed by atoms with Crippen molar-refractivity contribution in [3.05, 3.63) is 69.9 Å². The number of ether oxygens (including phenoxy) is 1. The van der Waals surface area contributed by atoms with Gasteiger partial charge >= 0.3 is 0 Å². The summed E-state index contributed by atoms with van der Waals surface area (Å²) >= 11 is 3.17. The molecule has 0 radical (unpaired) electrons. The van der Waals surface area contributed by atoms with Crippen LogP contribution in [-0.4, -0.2) is 22.7 Å². The van der Waals surface area contributed by atoms with Crippen molar-refractivity contribution < 1.29 is 13.9 Å². The standard InChI is InChI=1S/C22H21FN2O2S2/c1-14-11-12-25(18-5-3-4-6-19(18)28-14)22(26)21-15(2)24-20(29-21)13-27-17-9-7-16(23)8-10-17/h3-10,14H,11-13H2,1-2H3/t14-/m1/s1. The fourth-order valence-corrected chi connectivity index (χ4v) is 5.25. The van der Waals surface area contributed by atoms with Gasteiger partial charge in [0.15, 0.2) is 0 Å². The fraction of sp³-hybridized carbons (Fsp3) is 0.273. The number of rotatable bonds is 4. The summed E-state index contributed by atoms with van der Waals surface area (Å²) in [6.07, 6.45) is 0.934. The van der Waals surface area contributed by atoms with Gasteiger partial charge in [0.05, 0.1) is 11.4 Å². The maximum absolute atomic E-state index is 13.4. The molecule has 1 amide bonds. The minimum Gasteiger partial charge on any atom is -0.486 e. The highest BCUT2D eigenvalue weighted by Gasteiger charge is 2.27. The molecule has 2 heterocycles. The number of carbonyl (C=O) groups is 1. The summed E-state index contributed by atoms with van der Waals surface area (Å²) in [6.45, 7) is 4.97. The molecule has 0 bridgehead atoms. The van der Waals surface area contributed by atoms with E-state index in [0.717, 1.165) is 22.0 Å². The first kappa shape index (κ1) is 19.9. The van der Waals surface area contributed by atoms with E-state index in [1.165, 1.54) is 23.5 Å². The number of anilines is 1. The Morgan fingerprint density at radius 2 is 2.00 bits per heavy atom. The van der Waals surface area contributed by atoms with Crippen LogP contribution in [0, 0.1) is 12.7 Å². The van der Waals surface area contributed by atoms with E-state index < -0.39 is 0 Å². The lowest BCUT2D eigenvalue weighted by Gasteiger charge is -2.22. The SMILES string of the molecule is Cc1nc(COc2ccc(F)cc2)sc1C(=O)N1CC[C@@H](C)Sc2ccccc21. The zero-order chi connectivity index (χ0) is 20.4. The van der Waals surface area contributed by atoms with Gasteiger partial charge in [0.25, 0.3) is 5.91 Å². The molecule has 0 N–H and O–H groups in total. The molecule has 0 fully saturated rings. The lowest BCUT2D eigenvalue weighted by atomic mass is 10.2. The van der Waals surface area contributed by atoms with Crippen molar-refractivity contribution in [2.75, 3.05) is 11.4 Å². The summed E-state index contributed by atoms with van der Waals surface area (Å²) in [4.78, 5) is 21.5. The van der Waals surface area contributed by atoms with Crippen LogP contribution >= 0.6 is 23.1 Å². The summed E-state index contributed by atoms with van der Waals surface area (Å²) in [6, 6.07) is 13.9. The summed E-state index contributed by atoms with van der Waals surface area (Å²) in [7, 11) is 0. The molecule has 4 nitrogen and oxygen atoms in total. The predicted octanol–water partition coefficient (Wildman–Crippen LogP) is 5.70. The minimum absolute atomic E-state index is 0.0183. The molecular formula is C22H21FN2O2S2. The Morgan fingerprint density at radius 3 is 2.79 bits per heavy atom. The molecule has 0 saturated carbocycles. The van der Waals surface area contributed by atoms with Crippen molar-refractivity contribution in [3.8, 4) is 5.75 Å². The van der Waals surface area contributed by atoms with Crippen LogP contribution in [0.1, 0.15) is 33.7 Å². The van der Waals surface area contributed by atoms with Gasteiger partial charge in [-0.05, 0) is 49.7 Å². The van der Waals surface area contributed by atoms with Gasteiger partial charge < -0.3 is 9.64 Å². The second-order valence-corrected chi connectivity index (χ2v) is 9.47. The lowest BCUT2D eigenvalue weighted by Crippen LogP contribution is -2.32. The molecule has 0 unspecified atom stereocenters. The van der Waals surface area contributed by atoms with E-state index in [9.17, 15) is 9.18 Å². The smallest absolute Gasteiger partial charge is 0.270 e. The molecule has 0 aliphatic carbocycles. The van der Waals surface area contributed by atoms with Crippen molar-refractivity contribution in [2.24, 2.45) is 0 Å². The van der Waals surface area contributed by atoms with Crippen LogP contribution in [0.4, 0.5) is 10.1 Å². The molecule has 1 aromatic heterocycles. The van der Waals surface area contributed by atoms with E-state index in [-0.39, 0.29) is 18.3 Å². The van der Waals surface area contributed by atoms with Crippen LogP contribution in [-0.2, 0) is 6.61 Å². The average Bonchev–Trinajstić information content (AvgIpc) is 2.99.